The number of hydrogen-bond acceptors (Lipinski definition) is 5. The zero-order chi connectivity index (χ0) is 14.8. The first kappa shape index (κ1) is 14.7. The maximum Gasteiger partial charge on any atom is 0.311 e. The third-order valence-electron chi connectivity index (χ3n) is 3.99. The van der Waals surface area contributed by atoms with E-state index in [4.69, 9.17) is 0 Å². The molecule has 1 heterocycles. The number of rotatable bonds is 4. The molecule has 2 N–H and O–H groups in total. The maximum absolute atomic E-state index is 11.0. The first-order chi connectivity index (χ1) is 9.39. The van der Waals surface area contributed by atoms with Gasteiger partial charge in [0.25, 0.3) is 0 Å². The van der Waals surface area contributed by atoms with Gasteiger partial charge in [0.1, 0.15) is 0 Å². The Bertz CT molecular complexity index is 496. The van der Waals surface area contributed by atoms with Crippen molar-refractivity contribution < 1.29 is 10.0 Å². The standard InChI is InChI=1S/C14H21N3O3/c1-10-3-5-14(18,6-4-10)9-16-13-12(17(19)20)7-11(2)8-15-13/h7-8,10,18H,3-6,9H2,1-2H3,(H,15,16). The maximum atomic E-state index is 11.0. The smallest absolute Gasteiger partial charge is 0.311 e. The van der Waals surface area contributed by atoms with Gasteiger partial charge in [-0.15, -0.1) is 0 Å². The average molecular weight is 279 g/mol. The summed E-state index contributed by atoms with van der Waals surface area (Å²) in [4.78, 5) is 14.6. The molecule has 20 heavy (non-hydrogen) atoms. The van der Waals surface area contributed by atoms with Gasteiger partial charge in [0.15, 0.2) is 0 Å². The van der Waals surface area contributed by atoms with Crippen LogP contribution in [0.3, 0.4) is 0 Å². The zero-order valence-corrected chi connectivity index (χ0v) is 11.9. The predicted molar refractivity (Wildman–Crippen MR) is 76.7 cm³/mol. The number of anilines is 1. The molecule has 0 unspecified atom stereocenters. The molecule has 6 nitrogen and oxygen atoms in total. The first-order valence-corrected chi connectivity index (χ1v) is 6.97. The van der Waals surface area contributed by atoms with Crippen LogP contribution in [0.2, 0.25) is 0 Å². The monoisotopic (exact) mass is 279 g/mol. The number of pyridine rings is 1. The number of nitrogens with zero attached hydrogens (tertiary/aromatic N) is 2. The van der Waals surface area contributed by atoms with Crippen LogP contribution in [-0.4, -0.2) is 27.2 Å². The number of nitrogens with one attached hydrogen (secondary N) is 1. The lowest BCUT2D eigenvalue weighted by Crippen LogP contribution is -2.40. The molecule has 1 aliphatic carbocycles. The lowest BCUT2D eigenvalue weighted by molar-refractivity contribution is -0.384. The third-order valence-corrected chi connectivity index (χ3v) is 3.99. The Balaban J connectivity index is 2.05. The Kier molecular flexibility index (Phi) is 4.23. The molecule has 0 aliphatic heterocycles. The van der Waals surface area contributed by atoms with Gasteiger partial charge in [-0.25, -0.2) is 4.98 Å². The fraction of sp³-hybridized carbons (Fsp3) is 0.643. The van der Waals surface area contributed by atoms with Gasteiger partial charge < -0.3 is 10.4 Å². The van der Waals surface area contributed by atoms with Crippen LogP contribution in [0.4, 0.5) is 11.5 Å². The van der Waals surface area contributed by atoms with Crippen LogP contribution in [0.25, 0.3) is 0 Å². The van der Waals surface area contributed by atoms with Crippen LogP contribution in [0.1, 0.15) is 38.2 Å². The third kappa shape index (κ3) is 3.45. The van der Waals surface area contributed by atoms with Crippen LogP contribution in [0, 0.1) is 23.0 Å². The summed E-state index contributed by atoms with van der Waals surface area (Å²) >= 11 is 0. The van der Waals surface area contributed by atoms with Crippen molar-refractivity contribution in [2.45, 2.75) is 45.1 Å². The van der Waals surface area contributed by atoms with E-state index in [1.165, 1.54) is 6.07 Å². The highest BCUT2D eigenvalue weighted by atomic mass is 16.6. The van der Waals surface area contributed by atoms with E-state index in [2.05, 4.69) is 17.2 Å². The lowest BCUT2D eigenvalue weighted by atomic mass is 9.79. The van der Waals surface area contributed by atoms with Crippen molar-refractivity contribution >= 4 is 11.5 Å². The van der Waals surface area contributed by atoms with Crippen molar-refractivity contribution in [2.75, 3.05) is 11.9 Å². The minimum absolute atomic E-state index is 0.0437. The summed E-state index contributed by atoms with van der Waals surface area (Å²) in [5, 5.41) is 24.4. The summed E-state index contributed by atoms with van der Waals surface area (Å²) in [7, 11) is 0. The minimum Gasteiger partial charge on any atom is -0.388 e. The Hall–Kier alpha value is -1.69. The first-order valence-electron chi connectivity index (χ1n) is 6.97. The molecular formula is C14H21N3O3. The molecule has 1 aromatic heterocycles. The predicted octanol–water partition coefficient (Wildman–Crippen LogP) is 2.65. The second kappa shape index (κ2) is 5.75. The number of nitro groups is 1. The summed E-state index contributed by atoms with van der Waals surface area (Å²) in [5.74, 6) is 0.870. The molecule has 0 saturated heterocycles. The lowest BCUT2D eigenvalue weighted by Gasteiger charge is -2.35. The molecule has 0 aromatic carbocycles. The average Bonchev–Trinajstić information content (AvgIpc) is 2.41. The van der Waals surface area contributed by atoms with Crippen LogP contribution >= 0.6 is 0 Å². The quantitative estimate of drug-likeness (QED) is 0.653. The van der Waals surface area contributed by atoms with Crippen LogP contribution in [0.15, 0.2) is 12.3 Å². The fourth-order valence-corrected chi connectivity index (χ4v) is 2.55. The van der Waals surface area contributed by atoms with Gasteiger partial charge in [0.2, 0.25) is 5.82 Å². The normalized spacial score (nSPS) is 26.2. The van der Waals surface area contributed by atoms with Crippen LogP contribution in [-0.2, 0) is 0 Å². The van der Waals surface area contributed by atoms with Gasteiger partial charge in [-0.2, -0.15) is 0 Å². The van der Waals surface area contributed by atoms with Gasteiger partial charge in [0.05, 0.1) is 10.5 Å². The minimum atomic E-state index is -0.785. The van der Waals surface area contributed by atoms with Gasteiger partial charge in [0, 0.05) is 18.8 Å². The Morgan fingerprint density at radius 3 is 2.80 bits per heavy atom. The van der Waals surface area contributed by atoms with E-state index in [9.17, 15) is 15.2 Å². The van der Waals surface area contributed by atoms with Crippen molar-refractivity contribution in [3.8, 4) is 0 Å². The van der Waals surface area contributed by atoms with E-state index in [1.807, 2.05) is 0 Å². The molecule has 1 fully saturated rings. The van der Waals surface area contributed by atoms with E-state index >= 15 is 0 Å². The molecule has 0 spiro atoms. The number of aromatic nitrogens is 1. The fourth-order valence-electron chi connectivity index (χ4n) is 2.55. The zero-order valence-electron chi connectivity index (χ0n) is 11.9. The molecule has 1 saturated carbocycles. The summed E-state index contributed by atoms with van der Waals surface area (Å²) in [6, 6.07) is 1.49. The molecule has 1 aliphatic rings. The topological polar surface area (TPSA) is 88.3 Å². The van der Waals surface area contributed by atoms with Crippen molar-refractivity contribution in [1.82, 2.24) is 4.98 Å². The molecule has 2 rings (SSSR count). The summed E-state index contributed by atoms with van der Waals surface area (Å²) in [6.45, 7) is 4.25. The Morgan fingerprint density at radius 1 is 1.55 bits per heavy atom. The molecule has 110 valence electrons. The summed E-state index contributed by atoms with van der Waals surface area (Å²) in [6.07, 6.45) is 5.01. The highest BCUT2D eigenvalue weighted by Crippen LogP contribution is 2.32. The summed E-state index contributed by atoms with van der Waals surface area (Å²) < 4.78 is 0. The molecule has 0 amide bonds. The number of aryl methyl sites for hydroxylation is 1. The van der Waals surface area contributed by atoms with Gasteiger partial charge in [-0.1, -0.05) is 6.92 Å². The number of hydrogen-bond donors (Lipinski definition) is 2. The van der Waals surface area contributed by atoms with E-state index in [1.54, 1.807) is 13.1 Å². The van der Waals surface area contributed by atoms with Gasteiger partial charge in [-0.05, 0) is 44.1 Å². The van der Waals surface area contributed by atoms with Crippen molar-refractivity contribution in [3.63, 3.8) is 0 Å². The van der Waals surface area contributed by atoms with Gasteiger partial charge >= 0.3 is 5.69 Å². The molecule has 0 bridgehead atoms. The van der Waals surface area contributed by atoms with Gasteiger partial charge in [-0.3, -0.25) is 10.1 Å². The highest BCUT2D eigenvalue weighted by Gasteiger charge is 2.32. The largest absolute Gasteiger partial charge is 0.388 e. The van der Waals surface area contributed by atoms with Crippen LogP contribution in [0.5, 0.6) is 0 Å². The van der Waals surface area contributed by atoms with E-state index in [0.717, 1.165) is 31.2 Å². The van der Waals surface area contributed by atoms with E-state index < -0.39 is 10.5 Å². The molecule has 0 atom stereocenters. The second-order valence-corrected chi connectivity index (χ2v) is 5.90. The van der Waals surface area contributed by atoms with Crippen molar-refractivity contribution in [2.24, 2.45) is 5.92 Å². The summed E-state index contributed by atoms with van der Waals surface area (Å²) in [5.41, 5.74) is -0.0855. The van der Waals surface area contributed by atoms with E-state index in [0.29, 0.717) is 12.5 Å². The molecule has 1 aromatic rings. The Labute approximate surface area is 118 Å². The molecular weight excluding hydrogens is 258 g/mol. The van der Waals surface area contributed by atoms with Crippen LogP contribution < -0.4 is 5.32 Å². The van der Waals surface area contributed by atoms with Crippen molar-refractivity contribution in [3.05, 3.63) is 27.9 Å². The second-order valence-electron chi connectivity index (χ2n) is 5.90. The van der Waals surface area contributed by atoms with Crippen molar-refractivity contribution in [1.29, 1.82) is 0 Å². The van der Waals surface area contributed by atoms with E-state index in [-0.39, 0.29) is 11.5 Å². The highest BCUT2D eigenvalue weighted by molar-refractivity contribution is 5.56. The Morgan fingerprint density at radius 2 is 2.20 bits per heavy atom. The molecule has 0 radical (unpaired) electrons. The number of aliphatic hydroxyl groups is 1. The molecule has 6 heteroatoms. The SMILES string of the molecule is Cc1cnc(NCC2(O)CCC(C)CC2)c([N+](=O)[O-])c1.